The topological polar surface area (TPSA) is 49.4 Å². The maximum Gasteiger partial charge on any atom is 0.240 e. The van der Waals surface area contributed by atoms with Crippen LogP contribution in [0.2, 0.25) is 0 Å². The van der Waals surface area contributed by atoms with Crippen molar-refractivity contribution in [2.24, 2.45) is 11.8 Å². The molecular formula is C25H40N2O2S. The van der Waals surface area contributed by atoms with Crippen molar-refractivity contribution in [1.29, 1.82) is 0 Å². The van der Waals surface area contributed by atoms with Gasteiger partial charge in [0.05, 0.1) is 4.90 Å². The van der Waals surface area contributed by atoms with E-state index >= 15 is 0 Å². The second kappa shape index (κ2) is 10.1. The van der Waals surface area contributed by atoms with Gasteiger partial charge in [-0.2, -0.15) is 0 Å². The van der Waals surface area contributed by atoms with Crippen molar-refractivity contribution < 1.29 is 8.42 Å². The molecule has 168 valence electrons. The first-order chi connectivity index (χ1) is 14.5. The van der Waals surface area contributed by atoms with Gasteiger partial charge in [-0.1, -0.05) is 56.2 Å². The van der Waals surface area contributed by atoms with Gasteiger partial charge in [0.25, 0.3) is 0 Å². The highest BCUT2D eigenvalue weighted by molar-refractivity contribution is 7.89. The van der Waals surface area contributed by atoms with Crippen LogP contribution in [0.3, 0.4) is 0 Å². The highest BCUT2D eigenvalue weighted by atomic mass is 32.2. The molecule has 3 fully saturated rings. The quantitative estimate of drug-likeness (QED) is 0.666. The molecule has 0 bridgehead atoms. The van der Waals surface area contributed by atoms with Gasteiger partial charge in [0, 0.05) is 12.1 Å². The Morgan fingerprint density at radius 1 is 0.833 bits per heavy atom. The molecule has 0 amide bonds. The summed E-state index contributed by atoms with van der Waals surface area (Å²) in [7, 11) is -3.50. The summed E-state index contributed by atoms with van der Waals surface area (Å²) in [6.45, 7) is 4.40. The minimum absolute atomic E-state index is 0.0730. The van der Waals surface area contributed by atoms with Gasteiger partial charge in [0.2, 0.25) is 10.0 Å². The molecule has 1 heterocycles. The summed E-state index contributed by atoms with van der Waals surface area (Å²) in [6.07, 6.45) is 15.0. The van der Waals surface area contributed by atoms with E-state index < -0.39 is 10.0 Å². The molecule has 3 atom stereocenters. The van der Waals surface area contributed by atoms with Gasteiger partial charge < -0.3 is 4.90 Å². The molecule has 4 nitrogen and oxygen atoms in total. The normalized spacial score (nSPS) is 28.3. The van der Waals surface area contributed by atoms with Crippen LogP contribution >= 0.6 is 0 Å². The van der Waals surface area contributed by atoms with Crippen LogP contribution in [0, 0.1) is 18.8 Å². The number of aryl methyl sites for hydroxylation is 1. The van der Waals surface area contributed by atoms with Gasteiger partial charge in [0.1, 0.15) is 0 Å². The molecule has 1 aliphatic heterocycles. The van der Waals surface area contributed by atoms with Gasteiger partial charge >= 0.3 is 0 Å². The Morgan fingerprint density at radius 2 is 1.43 bits per heavy atom. The van der Waals surface area contributed by atoms with E-state index in [0.29, 0.717) is 22.8 Å². The molecule has 1 saturated heterocycles. The Balaban J connectivity index is 1.60. The predicted molar refractivity (Wildman–Crippen MR) is 123 cm³/mol. The molecule has 3 aliphatic rings. The minimum atomic E-state index is -3.50. The number of piperidine rings is 1. The molecule has 1 aromatic rings. The molecular weight excluding hydrogens is 392 g/mol. The van der Waals surface area contributed by atoms with Crippen molar-refractivity contribution in [1.82, 2.24) is 9.62 Å². The van der Waals surface area contributed by atoms with Crippen molar-refractivity contribution in [2.75, 3.05) is 13.1 Å². The predicted octanol–water partition coefficient (Wildman–Crippen LogP) is 5.27. The lowest BCUT2D eigenvalue weighted by Gasteiger charge is -2.47. The van der Waals surface area contributed by atoms with Crippen molar-refractivity contribution in [2.45, 2.75) is 101 Å². The van der Waals surface area contributed by atoms with Gasteiger partial charge in [-0.05, 0) is 82.5 Å². The number of rotatable bonds is 6. The number of hydrogen-bond donors (Lipinski definition) is 1. The Bertz CT molecular complexity index is 765. The average Bonchev–Trinajstić information content (AvgIpc) is 2.79. The zero-order chi connectivity index (χ0) is 21.0. The van der Waals surface area contributed by atoms with E-state index in [1.165, 1.54) is 90.1 Å². The molecule has 0 radical (unpaired) electrons. The van der Waals surface area contributed by atoms with Crippen LogP contribution in [0.1, 0.15) is 82.6 Å². The summed E-state index contributed by atoms with van der Waals surface area (Å²) < 4.78 is 30.1. The van der Waals surface area contributed by atoms with Crippen molar-refractivity contribution >= 4 is 10.0 Å². The van der Waals surface area contributed by atoms with E-state index in [2.05, 4.69) is 9.62 Å². The van der Waals surface area contributed by atoms with Crippen molar-refractivity contribution in [3.63, 3.8) is 0 Å². The largest absolute Gasteiger partial charge is 0.300 e. The average molecular weight is 433 g/mol. The van der Waals surface area contributed by atoms with Gasteiger partial charge in [-0.25, -0.2) is 13.1 Å². The molecule has 0 unspecified atom stereocenters. The molecule has 4 rings (SSSR count). The fourth-order valence-corrected chi connectivity index (χ4v) is 7.61. The summed E-state index contributed by atoms with van der Waals surface area (Å²) in [5.74, 6) is 0.925. The third kappa shape index (κ3) is 5.28. The van der Waals surface area contributed by atoms with Crippen LogP contribution in [0.25, 0.3) is 0 Å². The SMILES string of the molecule is Cc1ccc(S(=O)(=O)N[C@@H](C2CCCCC2)[C@@H]2CCCC[C@H]2N2CCCCC2)cc1. The lowest BCUT2D eigenvalue weighted by atomic mass is 9.71. The van der Waals surface area contributed by atoms with E-state index in [9.17, 15) is 8.42 Å². The van der Waals surface area contributed by atoms with Crippen molar-refractivity contribution in [3.8, 4) is 0 Å². The summed E-state index contributed by atoms with van der Waals surface area (Å²) in [4.78, 5) is 3.13. The number of nitrogens with zero attached hydrogens (tertiary/aromatic N) is 1. The zero-order valence-corrected chi connectivity index (χ0v) is 19.5. The molecule has 2 aliphatic carbocycles. The van der Waals surface area contributed by atoms with E-state index in [1.54, 1.807) is 12.1 Å². The number of benzene rings is 1. The Hall–Kier alpha value is -0.910. The first-order valence-electron chi connectivity index (χ1n) is 12.4. The first-order valence-corrected chi connectivity index (χ1v) is 13.9. The van der Waals surface area contributed by atoms with Crippen LogP contribution in [-0.4, -0.2) is 38.5 Å². The van der Waals surface area contributed by atoms with E-state index in [0.717, 1.165) is 5.56 Å². The maximum absolute atomic E-state index is 13.4. The summed E-state index contributed by atoms with van der Waals surface area (Å²) in [5.41, 5.74) is 1.09. The Kier molecular flexibility index (Phi) is 7.53. The molecule has 0 spiro atoms. The Labute approximate surface area is 183 Å². The summed E-state index contributed by atoms with van der Waals surface area (Å²) in [5, 5.41) is 0. The molecule has 5 heteroatoms. The van der Waals surface area contributed by atoms with Gasteiger partial charge in [0.15, 0.2) is 0 Å². The lowest BCUT2D eigenvalue weighted by Crippen LogP contribution is -2.55. The molecule has 1 aromatic carbocycles. The van der Waals surface area contributed by atoms with E-state index in [4.69, 9.17) is 0 Å². The second-order valence-corrected chi connectivity index (χ2v) is 11.7. The van der Waals surface area contributed by atoms with E-state index in [1.807, 2.05) is 19.1 Å². The van der Waals surface area contributed by atoms with Gasteiger partial charge in [-0.3, -0.25) is 0 Å². The smallest absolute Gasteiger partial charge is 0.240 e. The number of hydrogen-bond acceptors (Lipinski definition) is 3. The second-order valence-electron chi connectivity index (χ2n) is 9.97. The molecule has 0 aromatic heterocycles. The Morgan fingerprint density at radius 3 is 2.13 bits per heavy atom. The number of nitrogens with one attached hydrogen (secondary N) is 1. The van der Waals surface area contributed by atoms with Crippen molar-refractivity contribution in [3.05, 3.63) is 29.8 Å². The molecule has 2 saturated carbocycles. The van der Waals surface area contributed by atoms with Gasteiger partial charge in [-0.15, -0.1) is 0 Å². The van der Waals surface area contributed by atoms with Crippen LogP contribution in [0.4, 0.5) is 0 Å². The van der Waals surface area contributed by atoms with E-state index in [-0.39, 0.29) is 6.04 Å². The van der Waals surface area contributed by atoms with Crippen LogP contribution in [0.5, 0.6) is 0 Å². The monoisotopic (exact) mass is 432 g/mol. The standard InChI is InChI=1S/C25H40N2O2S/c1-20-14-16-22(17-15-20)30(28,29)26-25(21-10-4-2-5-11-21)23-12-6-7-13-24(23)27-18-8-3-9-19-27/h14-17,21,23-26H,2-13,18-19H2,1H3/t23-,24-,25+/m1/s1. The molecule has 30 heavy (non-hydrogen) atoms. The third-order valence-electron chi connectivity index (χ3n) is 7.88. The highest BCUT2D eigenvalue weighted by Gasteiger charge is 2.41. The van der Waals surface area contributed by atoms with Crippen LogP contribution in [-0.2, 0) is 10.0 Å². The van der Waals surface area contributed by atoms with Crippen LogP contribution < -0.4 is 4.72 Å². The highest BCUT2D eigenvalue weighted by Crippen LogP contribution is 2.39. The lowest BCUT2D eigenvalue weighted by molar-refractivity contribution is 0.0522. The summed E-state index contributed by atoms with van der Waals surface area (Å²) in [6, 6.07) is 7.95. The molecule has 1 N–H and O–H groups in total. The fraction of sp³-hybridized carbons (Fsp3) is 0.760. The zero-order valence-electron chi connectivity index (χ0n) is 18.7. The number of likely N-dealkylation sites (tertiary alicyclic amines) is 1. The van der Waals surface area contributed by atoms with Crippen LogP contribution in [0.15, 0.2) is 29.2 Å². The number of sulfonamides is 1. The fourth-order valence-electron chi connectivity index (χ4n) is 6.25. The minimum Gasteiger partial charge on any atom is -0.300 e. The first kappa shape index (κ1) is 22.3. The third-order valence-corrected chi connectivity index (χ3v) is 9.36. The maximum atomic E-state index is 13.4. The summed E-state index contributed by atoms with van der Waals surface area (Å²) >= 11 is 0.